The Balaban J connectivity index is 1.97. The average molecular weight is 254 g/mol. The molecule has 1 aromatic heterocycles. The third kappa shape index (κ3) is 2.74. The van der Waals surface area contributed by atoms with Gasteiger partial charge in [-0.05, 0) is 11.8 Å². The minimum atomic E-state index is 0.241. The maximum atomic E-state index is 11.8. The fourth-order valence-electron chi connectivity index (χ4n) is 1.98. The summed E-state index contributed by atoms with van der Waals surface area (Å²) in [6.07, 6.45) is 0.676. The van der Waals surface area contributed by atoms with E-state index in [9.17, 15) is 4.79 Å². The maximum absolute atomic E-state index is 11.8. The summed E-state index contributed by atoms with van der Waals surface area (Å²) in [7, 11) is 1.82. The largest absolute Gasteiger partial charge is 0.363 e. The second-order valence-corrected chi connectivity index (χ2v) is 5.80. The number of nitrogens with zero attached hydrogens (tertiary/aromatic N) is 3. The highest BCUT2D eigenvalue weighted by atomic mass is 32.1. The van der Waals surface area contributed by atoms with Crippen molar-refractivity contribution in [2.45, 2.75) is 26.8 Å². The summed E-state index contributed by atoms with van der Waals surface area (Å²) < 4.78 is 0. The zero-order chi connectivity index (χ0) is 12.4. The van der Waals surface area contributed by atoms with Crippen LogP contribution in [-0.4, -0.2) is 34.6 Å². The van der Waals surface area contributed by atoms with Crippen molar-refractivity contribution in [3.63, 3.8) is 0 Å². The van der Waals surface area contributed by atoms with Gasteiger partial charge in [-0.3, -0.25) is 4.79 Å². The van der Waals surface area contributed by atoms with Gasteiger partial charge in [-0.1, -0.05) is 25.2 Å². The van der Waals surface area contributed by atoms with E-state index in [0.717, 1.165) is 16.7 Å². The van der Waals surface area contributed by atoms with Crippen molar-refractivity contribution in [3.8, 4) is 0 Å². The van der Waals surface area contributed by atoms with Crippen molar-refractivity contribution >= 4 is 22.4 Å². The second-order valence-electron chi connectivity index (χ2n) is 4.73. The summed E-state index contributed by atoms with van der Waals surface area (Å²) in [4.78, 5) is 13.7. The van der Waals surface area contributed by atoms with Crippen LogP contribution in [0.2, 0.25) is 0 Å². The lowest BCUT2D eigenvalue weighted by atomic mass is 9.95. The van der Waals surface area contributed by atoms with Crippen LogP contribution in [0.5, 0.6) is 0 Å². The van der Waals surface area contributed by atoms with Gasteiger partial charge in [0.1, 0.15) is 5.01 Å². The number of carbonyl (C=O) groups is 1. The molecule has 0 aliphatic carbocycles. The van der Waals surface area contributed by atoms with E-state index in [4.69, 9.17) is 0 Å². The van der Waals surface area contributed by atoms with E-state index in [1.807, 2.05) is 11.9 Å². The molecule has 0 radical (unpaired) electrons. The Morgan fingerprint density at radius 2 is 2.29 bits per heavy atom. The van der Waals surface area contributed by atoms with E-state index < -0.39 is 0 Å². The van der Waals surface area contributed by atoms with Gasteiger partial charge in [0.2, 0.25) is 11.0 Å². The molecule has 1 amide bonds. The molecule has 0 saturated carbocycles. The highest BCUT2D eigenvalue weighted by Gasteiger charge is 2.31. The van der Waals surface area contributed by atoms with Crippen molar-refractivity contribution in [1.29, 1.82) is 0 Å². The molecule has 1 aliphatic rings. The topological polar surface area (TPSA) is 58.1 Å². The van der Waals surface area contributed by atoms with E-state index in [0.29, 0.717) is 24.8 Å². The lowest BCUT2D eigenvalue weighted by molar-refractivity contribution is -0.128. The number of hydrogen-bond acceptors (Lipinski definition) is 5. The monoisotopic (exact) mass is 254 g/mol. The van der Waals surface area contributed by atoms with E-state index in [2.05, 4.69) is 29.4 Å². The first-order chi connectivity index (χ1) is 8.10. The number of rotatable bonds is 4. The Morgan fingerprint density at radius 1 is 1.53 bits per heavy atom. The smallest absolute Gasteiger partial charge is 0.223 e. The van der Waals surface area contributed by atoms with Crippen molar-refractivity contribution in [2.24, 2.45) is 11.8 Å². The molecule has 1 fully saturated rings. The Kier molecular flexibility index (Phi) is 3.61. The number of hydrogen-bond donors (Lipinski definition) is 1. The molecule has 94 valence electrons. The Bertz CT molecular complexity index is 404. The van der Waals surface area contributed by atoms with Crippen LogP contribution in [0.25, 0.3) is 0 Å². The summed E-state index contributed by atoms with van der Waals surface area (Å²) in [6.45, 7) is 5.80. The molecular weight excluding hydrogens is 236 g/mol. The van der Waals surface area contributed by atoms with Crippen LogP contribution in [0.4, 0.5) is 5.13 Å². The lowest BCUT2D eigenvalue weighted by Crippen LogP contribution is -2.25. The standard InChI is InChI=1S/C11H18N4OS/c1-7(2)8-4-10(16)15(5-8)6-9-13-14-11(12-3)17-9/h7-8H,4-6H2,1-3H3,(H,12,14). The van der Waals surface area contributed by atoms with Gasteiger partial charge in [-0.2, -0.15) is 0 Å². The molecule has 2 rings (SSSR count). The zero-order valence-corrected chi connectivity index (χ0v) is 11.3. The summed E-state index contributed by atoms with van der Waals surface area (Å²) in [5.74, 6) is 1.29. The molecule has 1 atom stereocenters. The van der Waals surface area contributed by atoms with Gasteiger partial charge < -0.3 is 10.2 Å². The van der Waals surface area contributed by atoms with E-state index in [1.54, 1.807) is 0 Å². The number of nitrogens with one attached hydrogen (secondary N) is 1. The first kappa shape index (κ1) is 12.3. The molecule has 17 heavy (non-hydrogen) atoms. The molecule has 0 aromatic carbocycles. The second kappa shape index (κ2) is 5.00. The molecule has 1 saturated heterocycles. The summed E-state index contributed by atoms with van der Waals surface area (Å²) in [6, 6.07) is 0. The van der Waals surface area contributed by atoms with Crippen molar-refractivity contribution < 1.29 is 4.79 Å². The van der Waals surface area contributed by atoms with Crippen LogP contribution < -0.4 is 5.32 Å². The van der Waals surface area contributed by atoms with Gasteiger partial charge in [0.15, 0.2) is 0 Å². The number of amides is 1. The van der Waals surface area contributed by atoms with Gasteiger partial charge in [0.25, 0.3) is 0 Å². The normalized spacial score (nSPS) is 20.4. The van der Waals surface area contributed by atoms with Gasteiger partial charge in [0, 0.05) is 20.0 Å². The Hall–Kier alpha value is -1.17. The minimum Gasteiger partial charge on any atom is -0.363 e. The maximum Gasteiger partial charge on any atom is 0.223 e. The fraction of sp³-hybridized carbons (Fsp3) is 0.727. The molecule has 5 nitrogen and oxygen atoms in total. The highest BCUT2D eigenvalue weighted by molar-refractivity contribution is 7.15. The molecular formula is C11H18N4OS. The van der Waals surface area contributed by atoms with Crippen LogP contribution in [0.1, 0.15) is 25.3 Å². The molecule has 1 unspecified atom stereocenters. The Labute approximate surface area is 105 Å². The van der Waals surface area contributed by atoms with E-state index in [1.165, 1.54) is 11.3 Å². The van der Waals surface area contributed by atoms with E-state index in [-0.39, 0.29) is 5.91 Å². The third-order valence-electron chi connectivity index (χ3n) is 3.19. The van der Waals surface area contributed by atoms with Gasteiger partial charge in [-0.25, -0.2) is 0 Å². The van der Waals surface area contributed by atoms with Crippen LogP contribution in [0.15, 0.2) is 0 Å². The lowest BCUT2D eigenvalue weighted by Gasteiger charge is -2.16. The van der Waals surface area contributed by atoms with Crippen LogP contribution in [0.3, 0.4) is 0 Å². The molecule has 0 bridgehead atoms. The number of aromatic nitrogens is 2. The summed E-state index contributed by atoms with van der Waals surface area (Å²) >= 11 is 1.50. The average Bonchev–Trinajstić information content (AvgIpc) is 2.87. The SMILES string of the molecule is CNc1nnc(CN2CC(C(C)C)CC2=O)s1. The molecule has 0 spiro atoms. The molecule has 1 aromatic rings. The predicted molar refractivity (Wildman–Crippen MR) is 67.8 cm³/mol. The quantitative estimate of drug-likeness (QED) is 0.886. The minimum absolute atomic E-state index is 0.241. The highest BCUT2D eigenvalue weighted by Crippen LogP contribution is 2.27. The first-order valence-electron chi connectivity index (χ1n) is 5.88. The van der Waals surface area contributed by atoms with Crippen LogP contribution >= 0.6 is 11.3 Å². The van der Waals surface area contributed by atoms with Gasteiger partial charge >= 0.3 is 0 Å². The van der Waals surface area contributed by atoms with Crippen LogP contribution in [-0.2, 0) is 11.3 Å². The molecule has 6 heteroatoms. The zero-order valence-electron chi connectivity index (χ0n) is 10.4. The molecule has 1 N–H and O–H groups in total. The van der Waals surface area contributed by atoms with Gasteiger partial charge in [-0.15, -0.1) is 10.2 Å². The number of carbonyl (C=O) groups excluding carboxylic acids is 1. The third-order valence-corrected chi connectivity index (χ3v) is 4.12. The van der Waals surface area contributed by atoms with Crippen LogP contribution in [0, 0.1) is 11.8 Å². The summed E-state index contributed by atoms with van der Waals surface area (Å²) in [5.41, 5.74) is 0. The number of anilines is 1. The fourth-order valence-corrected chi connectivity index (χ4v) is 2.69. The van der Waals surface area contributed by atoms with Gasteiger partial charge in [0.05, 0.1) is 6.54 Å². The molecule has 1 aliphatic heterocycles. The van der Waals surface area contributed by atoms with Crippen molar-refractivity contribution in [3.05, 3.63) is 5.01 Å². The summed E-state index contributed by atoms with van der Waals surface area (Å²) in [5, 5.41) is 12.7. The first-order valence-corrected chi connectivity index (χ1v) is 6.69. The van der Waals surface area contributed by atoms with Crippen molar-refractivity contribution in [1.82, 2.24) is 15.1 Å². The molecule has 2 heterocycles. The number of likely N-dealkylation sites (tertiary alicyclic amines) is 1. The van der Waals surface area contributed by atoms with E-state index >= 15 is 0 Å². The predicted octanol–water partition coefficient (Wildman–Crippen LogP) is 1.58. The van der Waals surface area contributed by atoms with Crippen molar-refractivity contribution in [2.75, 3.05) is 18.9 Å². The Morgan fingerprint density at radius 3 is 2.82 bits per heavy atom.